The fraction of sp³-hybridized carbons (Fsp3) is 0.154. The van der Waals surface area contributed by atoms with Gasteiger partial charge in [-0.05, 0) is 18.2 Å². The largest absolute Gasteiger partial charge is 0.433 e. The lowest BCUT2D eigenvalue weighted by Crippen LogP contribution is -2.20. The van der Waals surface area contributed by atoms with Crippen molar-refractivity contribution in [2.75, 3.05) is 5.32 Å². The molecule has 0 bridgehead atoms. The van der Waals surface area contributed by atoms with Crippen molar-refractivity contribution >= 4 is 11.6 Å². The van der Waals surface area contributed by atoms with E-state index in [1.54, 1.807) is 0 Å². The number of aryl methyl sites for hydroxylation is 1. The molecule has 8 heteroatoms. The van der Waals surface area contributed by atoms with Crippen LogP contribution in [0.3, 0.4) is 0 Å². The van der Waals surface area contributed by atoms with Gasteiger partial charge in [0.1, 0.15) is 5.69 Å². The number of rotatable bonds is 2. The number of aromatic nitrogens is 2. The zero-order valence-electron chi connectivity index (χ0n) is 10.8. The molecule has 21 heavy (non-hydrogen) atoms. The lowest BCUT2D eigenvalue weighted by Gasteiger charge is -2.08. The topological polar surface area (TPSA) is 64.0 Å². The van der Waals surface area contributed by atoms with Crippen LogP contribution in [0.25, 0.3) is 0 Å². The third kappa shape index (κ3) is 3.47. The molecule has 0 saturated heterocycles. The molecule has 1 N–H and O–H groups in total. The Morgan fingerprint density at radius 3 is 2.52 bits per heavy atom. The third-order valence-electron chi connectivity index (χ3n) is 2.68. The molecule has 0 atom stereocenters. The van der Waals surface area contributed by atoms with Gasteiger partial charge < -0.3 is 9.88 Å². The number of anilines is 1. The molecule has 110 valence electrons. The predicted molar refractivity (Wildman–Crippen MR) is 68.9 cm³/mol. The van der Waals surface area contributed by atoms with E-state index >= 15 is 0 Å². The number of hydrogen-bond acceptors (Lipinski definition) is 3. The maximum atomic E-state index is 12.3. The van der Waals surface area contributed by atoms with Gasteiger partial charge >= 0.3 is 6.18 Å². The van der Waals surface area contributed by atoms with E-state index in [1.807, 2.05) is 0 Å². The van der Waals surface area contributed by atoms with Gasteiger partial charge in [0.15, 0.2) is 0 Å². The molecule has 0 aliphatic carbocycles. The Kier molecular flexibility index (Phi) is 3.79. The minimum Gasteiger partial charge on any atom is -0.321 e. The first kappa shape index (κ1) is 14.8. The van der Waals surface area contributed by atoms with Gasteiger partial charge in [0, 0.05) is 24.9 Å². The van der Waals surface area contributed by atoms with Gasteiger partial charge in [-0.2, -0.15) is 13.2 Å². The van der Waals surface area contributed by atoms with E-state index in [1.165, 1.54) is 23.9 Å². The molecule has 0 aliphatic rings. The van der Waals surface area contributed by atoms with Crippen LogP contribution >= 0.6 is 0 Å². The number of hydrogen-bond donors (Lipinski definition) is 1. The second-order valence-electron chi connectivity index (χ2n) is 4.25. The monoisotopic (exact) mass is 297 g/mol. The number of amides is 1. The number of carbonyl (C=O) groups is 1. The first-order valence-electron chi connectivity index (χ1n) is 5.78. The molecule has 0 aliphatic heterocycles. The highest BCUT2D eigenvalue weighted by Gasteiger charge is 2.32. The minimum atomic E-state index is -4.53. The summed E-state index contributed by atoms with van der Waals surface area (Å²) in [4.78, 5) is 26.5. The van der Waals surface area contributed by atoms with Crippen LogP contribution in [0.1, 0.15) is 16.1 Å². The molecule has 2 rings (SSSR count). The molecule has 2 aromatic rings. The maximum absolute atomic E-state index is 12.3. The van der Waals surface area contributed by atoms with Crippen LogP contribution in [0.5, 0.6) is 0 Å². The Bertz CT molecular complexity index is 721. The summed E-state index contributed by atoms with van der Waals surface area (Å²) in [6.45, 7) is 0. The highest BCUT2D eigenvalue weighted by atomic mass is 19.4. The summed E-state index contributed by atoms with van der Waals surface area (Å²) < 4.78 is 38.3. The highest BCUT2D eigenvalue weighted by molar-refractivity contribution is 6.04. The summed E-state index contributed by atoms with van der Waals surface area (Å²) in [5.41, 5.74) is -1.20. The second kappa shape index (κ2) is 5.39. The van der Waals surface area contributed by atoms with Crippen LogP contribution in [0.15, 0.2) is 41.5 Å². The molecule has 2 heterocycles. The van der Waals surface area contributed by atoms with Crippen LogP contribution in [0.4, 0.5) is 18.9 Å². The molecule has 1 amide bonds. The Hall–Kier alpha value is -2.64. The molecular weight excluding hydrogens is 287 g/mol. The predicted octanol–water partition coefficient (Wildman–Crippen LogP) is 2.05. The molecule has 5 nitrogen and oxygen atoms in total. The number of nitrogens with zero attached hydrogens (tertiary/aromatic N) is 2. The number of nitrogens with one attached hydrogen (secondary N) is 1. The zero-order valence-corrected chi connectivity index (χ0v) is 10.8. The Morgan fingerprint density at radius 2 is 2.00 bits per heavy atom. The standard InChI is InChI=1S/C13H10F3N3O2/c1-19-5-4-8(6-11(19)20)12(21)18-9-2-3-10(17-7-9)13(14,15)16/h2-7H,1H3,(H,18,21). The van der Waals surface area contributed by atoms with Crippen LogP contribution in [-0.2, 0) is 13.2 Å². The zero-order chi connectivity index (χ0) is 15.6. The van der Waals surface area contributed by atoms with Gasteiger partial charge in [0.2, 0.25) is 0 Å². The van der Waals surface area contributed by atoms with Gasteiger partial charge in [-0.3, -0.25) is 9.59 Å². The molecule has 0 unspecified atom stereocenters. The van der Waals surface area contributed by atoms with Crippen LogP contribution in [0.2, 0.25) is 0 Å². The first-order valence-corrected chi connectivity index (χ1v) is 5.78. The Morgan fingerprint density at radius 1 is 1.29 bits per heavy atom. The van der Waals surface area contributed by atoms with E-state index in [-0.39, 0.29) is 16.8 Å². The van der Waals surface area contributed by atoms with Crippen molar-refractivity contribution in [1.29, 1.82) is 0 Å². The van der Waals surface area contributed by atoms with Crippen molar-refractivity contribution in [3.05, 3.63) is 58.3 Å². The first-order chi connectivity index (χ1) is 9.77. The minimum absolute atomic E-state index is 0.105. The van der Waals surface area contributed by atoms with Crippen molar-refractivity contribution in [3.8, 4) is 0 Å². The number of halogens is 3. The van der Waals surface area contributed by atoms with Crippen LogP contribution < -0.4 is 10.9 Å². The van der Waals surface area contributed by atoms with E-state index < -0.39 is 17.8 Å². The lowest BCUT2D eigenvalue weighted by atomic mass is 10.2. The van der Waals surface area contributed by atoms with Gasteiger partial charge in [-0.1, -0.05) is 0 Å². The summed E-state index contributed by atoms with van der Waals surface area (Å²) in [5, 5.41) is 2.37. The van der Waals surface area contributed by atoms with Gasteiger partial charge in [0.25, 0.3) is 11.5 Å². The molecule has 0 fully saturated rings. The molecule has 0 spiro atoms. The quantitative estimate of drug-likeness (QED) is 0.922. The van der Waals surface area contributed by atoms with Crippen LogP contribution in [-0.4, -0.2) is 15.5 Å². The molecular formula is C13H10F3N3O2. The average molecular weight is 297 g/mol. The molecule has 0 saturated carbocycles. The Labute approximate surface area is 117 Å². The van der Waals surface area contributed by atoms with Crippen molar-refractivity contribution in [3.63, 3.8) is 0 Å². The molecule has 0 aromatic carbocycles. The summed E-state index contributed by atoms with van der Waals surface area (Å²) in [6, 6.07) is 4.41. The van der Waals surface area contributed by atoms with E-state index in [0.29, 0.717) is 0 Å². The number of carbonyl (C=O) groups excluding carboxylic acids is 1. The van der Waals surface area contributed by atoms with E-state index in [4.69, 9.17) is 0 Å². The fourth-order valence-electron chi connectivity index (χ4n) is 1.53. The van der Waals surface area contributed by atoms with Gasteiger partial charge in [-0.25, -0.2) is 4.98 Å². The van der Waals surface area contributed by atoms with Gasteiger partial charge in [0.05, 0.1) is 11.9 Å². The van der Waals surface area contributed by atoms with E-state index in [9.17, 15) is 22.8 Å². The Balaban J connectivity index is 2.16. The summed E-state index contributed by atoms with van der Waals surface area (Å²) in [5.74, 6) is -0.603. The van der Waals surface area contributed by atoms with Crippen molar-refractivity contribution < 1.29 is 18.0 Å². The van der Waals surface area contributed by atoms with Crippen LogP contribution in [0, 0.1) is 0 Å². The number of pyridine rings is 2. The van der Waals surface area contributed by atoms with Crippen molar-refractivity contribution in [1.82, 2.24) is 9.55 Å². The highest BCUT2D eigenvalue weighted by Crippen LogP contribution is 2.27. The van der Waals surface area contributed by atoms with Crippen molar-refractivity contribution in [2.45, 2.75) is 6.18 Å². The molecule has 2 aromatic heterocycles. The number of alkyl halides is 3. The van der Waals surface area contributed by atoms with Crippen molar-refractivity contribution in [2.24, 2.45) is 7.05 Å². The smallest absolute Gasteiger partial charge is 0.321 e. The SMILES string of the molecule is Cn1ccc(C(=O)Nc2ccc(C(F)(F)F)nc2)cc1=O. The summed E-state index contributed by atoms with van der Waals surface area (Å²) >= 11 is 0. The van der Waals surface area contributed by atoms with Gasteiger partial charge in [-0.15, -0.1) is 0 Å². The second-order valence-corrected chi connectivity index (χ2v) is 4.25. The summed E-state index contributed by atoms with van der Waals surface area (Å²) in [7, 11) is 1.53. The normalized spacial score (nSPS) is 11.2. The molecule has 0 radical (unpaired) electrons. The lowest BCUT2D eigenvalue weighted by molar-refractivity contribution is -0.141. The van der Waals surface area contributed by atoms with E-state index in [0.717, 1.165) is 24.4 Å². The van der Waals surface area contributed by atoms with E-state index in [2.05, 4.69) is 10.3 Å². The summed E-state index contributed by atoms with van der Waals surface area (Å²) in [6.07, 6.45) is -2.21. The fourth-order valence-corrected chi connectivity index (χ4v) is 1.53. The average Bonchev–Trinajstić information content (AvgIpc) is 2.41. The third-order valence-corrected chi connectivity index (χ3v) is 2.68. The maximum Gasteiger partial charge on any atom is 0.433 e.